The third-order valence-corrected chi connectivity index (χ3v) is 1.25. The van der Waals surface area contributed by atoms with Gasteiger partial charge in [0.1, 0.15) is 0 Å². The smallest absolute Gasteiger partial charge is 0.0701 e. The van der Waals surface area contributed by atoms with Gasteiger partial charge in [-0.05, 0) is 13.3 Å². The summed E-state index contributed by atoms with van der Waals surface area (Å²) in [5.41, 5.74) is 0. The summed E-state index contributed by atoms with van der Waals surface area (Å²) in [5, 5.41) is 15.9. The Bertz CT molecular complexity index is 70.5. The Balaban J connectivity index is 0. The summed E-state index contributed by atoms with van der Waals surface area (Å²) in [4.78, 5) is 0. The van der Waals surface area contributed by atoms with E-state index in [1.54, 1.807) is 6.92 Å². The lowest BCUT2D eigenvalue weighted by atomic mass is 10.4. The second kappa shape index (κ2) is 18.6. The number of hydrogen-bond donors (Lipinski definition) is 2. The molecule has 14 heavy (non-hydrogen) atoms. The molecule has 0 aromatic carbocycles. The Morgan fingerprint density at radius 2 is 1.36 bits per heavy atom. The van der Waals surface area contributed by atoms with E-state index in [-0.39, 0.29) is 13.2 Å². The molecule has 4 heteroatoms. The molecule has 0 aliphatic heterocycles. The van der Waals surface area contributed by atoms with E-state index >= 15 is 0 Å². The highest BCUT2D eigenvalue weighted by Gasteiger charge is 1.87. The van der Waals surface area contributed by atoms with Crippen LogP contribution in [0.3, 0.4) is 0 Å². The Kier molecular flexibility index (Phi) is 21.6. The SMILES string of the molecule is CCCCOCCOCCO.CCO. The molecule has 0 fully saturated rings. The van der Waals surface area contributed by atoms with Crippen LogP contribution < -0.4 is 0 Å². The lowest BCUT2D eigenvalue weighted by Gasteiger charge is -2.02. The van der Waals surface area contributed by atoms with Crippen LogP contribution in [0.1, 0.15) is 26.7 Å². The zero-order valence-electron chi connectivity index (χ0n) is 9.37. The highest BCUT2D eigenvalue weighted by atomic mass is 16.5. The van der Waals surface area contributed by atoms with Gasteiger partial charge in [0, 0.05) is 13.2 Å². The monoisotopic (exact) mass is 208 g/mol. The molecule has 88 valence electrons. The van der Waals surface area contributed by atoms with E-state index in [2.05, 4.69) is 6.92 Å². The van der Waals surface area contributed by atoms with Crippen LogP contribution in [-0.4, -0.2) is 49.9 Å². The first-order chi connectivity index (χ1) is 6.83. The lowest BCUT2D eigenvalue weighted by Crippen LogP contribution is -2.07. The van der Waals surface area contributed by atoms with Crippen LogP contribution in [0.5, 0.6) is 0 Å². The number of unbranched alkanes of at least 4 members (excludes halogenated alkanes) is 1. The van der Waals surface area contributed by atoms with Gasteiger partial charge >= 0.3 is 0 Å². The summed E-state index contributed by atoms with van der Waals surface area (Å²) < 4.78 is 10.2. The molecule has 0 spiro atoms. The molecule has 2 N–H and O–H groups in total. The maximum absolute atomic E-state index is 8.34. The van der Waals surface area contributed by atoms with Crippen molar-refractivity contribution in [3.63, 3.8) is 0 Å². The largest absolute Gasteiger partial charge is 0.397 e. The van der Waals surface area contributed by atoms with Gasteiger partial charge in [-0.1, -0.05) is 13.3 Å². The molecule has 4 nitrogen and oxygen atoms in total. The van der Waals surface area contributed by atoms with Gasteiger partial charge in [0.2, 0.25) is 0 Å². The fourth-order valence-electron chi connectivity index (χ4n) is 0.633. The minimum atomic E-state index is 0.0922. The van der Waals surface area contributed by atoms with Crippen molar-refractivity contribution in [2.24, 2.45) is 0 Å². The number of aliphatic hydroxyl groups excluding tert-OH is 2. The molecular weight excluding hydrogens is 184 g/mol. The van der Waals surface area contributed by atoms with E-state index < -0.39 is 0 Å². The molecule has 0 aromatic rings. The molecular formula is C10H24O4. The lowest BCUT2D eigenvalue weighted by molar-refractivity contribution is 0.0324. The summed E-state index contributed by atoms with van der Waals surface area (Å²) >= 11 is 0. The van der Waals surface area contributed by atoms with E-state index in [4.69, 9.17) is 19.7 Å². The Morgan fingerprint density at radius 1 is 0.857 bits per heavy atom. The Hall–Kier alpha value is -0.160. The van der Waals surface area contributed by atoms with Crippen molar-refractivity contribution in [2.75, 3.05) is 39.6 Å². The summed E-state index contributed by atoms with van der Waals surface area (Å²) in [6, 6.07) is 0. The van der Waals surface area contributed by atoms with Crippen molar-refractivity contribution in [3.05, 3.63) is 0 Å². The number of hydrogen-bond acceptors (Lipinski definition) is 4. The summed E-state index contributed by atoms with van der Waals surface area (Å²) in [7, 11) is 0. The van der Waals surface area contributed by atoms with Crippen LogP contribution in [-0.2, 0) is 9.47 Å². The molecule has 0 aromatic heterocycles. The van der Waals surface area contributed by atoms with Gasteiger partial charge < -0.3 is 19.7 Å². The molecule has 0 amide bonds. The average Bonchev–Trinajstić information content (AvgIpc) is 2.18. The van der Waals surface area contributed by atoms with Crippen LogP contribution >= 0.6 is 0 Å². The highest BCUT2D eigenvalue weighted by molar-refractivity contribution is 4.33. The van der Waals surface area contributed by atoms with Gasteiger partial charge in [-0.2, -0.15) is 0 Å². The standard InChI is InChI=1S/C8H18O3.C2H6O/c1-2-3-5-10-7-8-11-6-4-9;1-2-3/h9H,2-8H2,1H3;3H,2H2,1H3. The van der Waals surface area contributed by atoms with E-state index in [0.29, 0.717) is 19.8 Å². The van der Waals surface area contributed by atoms with Crippen molar-refractivity contribution in [1.82, 2.24) is 0 Å². The highest BCUT2D eigenvalue weighted by Crippen LogP contribution is 1.87. The third-order valence-electron chi connectivity index (χ3n) is 1.25. The maximum Gasteiger partial charge on any atom is 0.0701 e. The second-order valence-corrected chi connectivity index (χ2v) is 2.62. The van der Waals surface area contributed by atoms with Crippen molar-refractivity contribution in [2.45, 2.75) is 26.7 Å². The van der Waals surface area contributed by atoms with Crippen LogP contribution in [0, 0.1) is 0 Å². The van der Waals surface area contributed by atoms with E-state index in [9.17, 15) is 0 Å². The van der Waals surface area contributed by atoms with Crippen LogP contribution in [0.2, 0.25) is 0 Å². The third kappa shape index (κ3) is 22.6. The van der Waals surface area contributed by atoms with Gasteiger partial charge in [0.05, 0.1) is 26.4 Å². The van der Waals surface area contributed by atoms with Gasteiger partial charge in [0.25, 0.3) is 0 Å². The minimum absolute atomic E-state index is 0.0922. The fraction of sp³-hybridized carbons (Fsp3) is 1.00. The normalized spacial score (nSPS) is 9.43. The quantitative estimate of drug-likeness (QED) is 0.580. The van der Waals surface area contributed by atoms with Crippen molar-refractivity contribution in [1.29, 1.82) is 0 Å². The first-order valence-corrected chi connectivity index (χ1v) is 5.20. The Morgan fingerprint density at radius 3 is 1.79 bits per heavy atom. The second-order valence-electron chi connectivity index (χ2n) is 2.62. The molecule has 0 bridgehead atoms. The number of aliphatic hydroxyl groups is 2. The molecule has 0 unspecified atom stereocenters. The molecule has 0 saturated carbocycles. The van der Waals surface area contributed by atoms with Gasteiger partial charge in [-0.15, -0.1) is 0 Å². The number of rotatable bonds is 8. The first kappa shape index (κ1) is 16.3. The van der Waals surface area contributed by atoms with Crippen molar-refractivity contribution < 1.29 is 19.7 Å². The maximum atomic E-state index is 8.34. The van der Waals surface area contributed by atoms with Crippen molar-refractivity contribution >= 4 is 0 Å². The van der Waals surface area contributed by atoms with Gasteiger partial charge in [-0.25, -0.2) is 0 Å². The molecule has 0 rings (SSSR count). The van der Waals surface area contributed by atoms with E-state index in [1.165, 1.54) is 0 Å². The van der Waals surface area contributed by atoms with Crippen LogP contribution in [0.25, 0.3) is 0 Å². The zero-order valence-corrected chi connectivity index (χ0v) is 9.37. The molecule has 0 saturated heterocycles. The first-order valence-electron chi connectivity index (χ1n) is 5.20. The molecule has 0 radical (unpaired) electrons. The Labute approximate surface area is 86.8 Å². The molecule has 0 atom stereocenters. The predicted molar refractivity (Wildman–Crippen MR) is 56.4 cm³/mol. The van der Waals surface area contributed by atoms with E-state index in [1.807, 2.05) is 0 Å². The van der Waals surface area contributed by atoms with Crippen LogP contribution in [0.4, 0.5) is 0 Å². The predicted octanol–water partition coefficient (Wildman–Crippen LogP) is 0.811. The van der Waals surface area contributed by atoms with E-state index in [0.717, 1.165) is 19.4 Å². The topological polar surface area (TPSA) is 58.9 Å². The average molecular weight is 208 g/mol. The zero-order chi connectivity index (χ0) is 11.1. The minimum Gasteiger partial charge on any atom is -0.397 e. The van der Waals surface area contributed by atoms with Gasteiger partial charge in [0.15, 0.2) is 0 Å². The fourth-order valence-corrected chi connectivity index (χ4v) is 0.633. The van der Waals surface area contributed by atoms with Crippen molar-refractivity contribution in [3.8, 4) is 0 Å². The number of ether oxygens (including phenoxy) is 2. The molecule has 0 aliphatic carbocycles. The van der Waals surface area contributed by atoms with Crippen LogP contribution in [0.15, 0.2) is 0 Å². The summed E-state index contributed by atoms with van der Waals surface area (Å²) in [6.45, 7) is 6.61. The molecule has 0 aliphatic rings. The van der Waals surface area contributed by atoms with Gasteiger partial charge in [-0.3, -0.25) is 0 Å². The molecule has 0 heterocycles. The summed E-state index contributed by atoms with van der Waals surface area (Å²) in [6.07, 6.45) is 2.28. The summed E-state index contributed by atoms with van der Waals surface area (Å²) in [5.74, 6) is 0.